The zero-order chi connectivity index (χ0) is 19.4. The van der Waals surface area contributed by atoms with Crippen molar-refractivity contribution in [3.8, 4) is 0 Å². The number of aliphatic hydroxyl groups excluding tert-OH is 1. The number of carbonyl (C=O) groups excluding carboxylic acids is 1. The van der Waals surface area contributed by atoms with Gasteiger partial charge in [-0.1, -0.05) is 0 Å². The van der Waals surface area contributed by atoms with E-state index in [0.717, 1.165) is 5.56 Å². The van der Waals surface area contributed by atoms with Crippen molar-refractivity contribution in [3.05, 3.63) is 54.1 Å². The average Bonchev–Trinajstić information content (AvgIpc) is 3.01. The molecule has 1 saturated heterocycles. The Morgan fingerprint density at radius 3 is 2.85 bits per heavy atom. The van der Waals surface area contributed by atoms with Crippen LogP contribution in [0.4, 0.5) is 20.6 Å². The monoisotopic (exact) mass is 390 g/mol. The maximum Gasteiger partial charge on any atom is 0.414 e. The molecule has 0 bridgehead atoms. The third-order valence-corrected chi connectivity index (χ3v) is 4.32. The van der Waals surface area contributed by atoms with Gasteiger partial charge in [-0.2, -0.15) is 0 Å². The lowest BCUT2D eigenvalue weighted by molar-refractivity contribution is 0.142. The van der Waals surface area contributed by atoms with Crippen molar-refractivity contribution in [1.29, 1.82) is 0 Å². The van der Waals surface area contributed by atoms with Gasteiger partial charge < -0.3 is 20.1 Å². The molecule has 0 saturated carbocycles. The lowest BCUT2D eigenvalue weighted by Crippen LogP contribution is -2.33. The Morgan fingerprint density at radius 2 is 2.19 bits per heavy atom. The molecule has 2 heterocycles. The molecule has 7 nitrogen and oxygen atoms in total. The maximum absolute atomic E-state index is 14.6. The van der Waals surface area contributed by atoms with Gasteiger partial charge in [-0.05, 0) is 48.1 Å². The second-order valence-electron chi connectivity index (χ2n) is 6.15. The molecule has 2 N–H and O–H groups in total. The Kier molecular flexibility index (Phi) is 5.70. The van der Waals surface area contributed by atoms with E-state index in [2.05, 4.69) is 22.5 Å². The van der Waals surface area contributed by atoms with Gasteiger partial charge in [-0.25, -0.2) is 9.18 Å². The Balaban J connectivity index is 1.69. The first kappa shape index (κ1) is 18.8. The number of anilines is 2. The molecule has 3 rings (SSSR count). The predicted octanol–water partition coefficient (Wildman–Crippen LogP) is 2.61. The topological polar surface area (TPSA) is 77.9 Å². The van der Waals surface area contributed by atoms with Crippen LogP contribution >= 0.6 is 12.2 Å². The molecule has 0 spiro atoms. The average molecular weight is 390 g/mol. The first-order chi connectivity index (χ1) is 12.9. The maximum atomic E-state index is 14.6. The number of thiocarbonyl (C=S) groups is 1. The molecule has 0 aliphatic carbocycles. The van der Waals surface area contributed by atoms with E-state index in [1.165, 1.54) is 11.0 Å². The number of aromatic nitrogens is 1. The summed E-state index contributed by atoms with van der Waals surface area (Å²) in [5.74, 6) is -0.435. The van der Waals surface area contributed by atoms with Crippen molar-refractivity contribution in [2.45, 2.75) is 12.6 Å². The normalized spacial score (nSPS) is 16.1. The summed E-state index contributed by atoms with van der Waals surface area (Å²) in [6, 6.07) is 8.36. The fourth-order valence-corrected chi connectivity index (χ4v) is 2.94. The second-order valence-corrected chi connectivity index (χ2v) is 6.54. The van der Waals surface area contributed by atoms with Gasteiger partial charge in [-0.15, -0.1) is 0 Å². The van der Waals surface area contributed by atoms with Crippen molar-refractivity contribution < 1.29 is 19.0 Å². The first-order valence-electron chi connectivity index (χ1n) is 8.28. The fraction of sp³-hybridized carbons (Fsp3) is 0.278. The third kappa shape index (κ3) is 4.62. The zero-order valence-corrected chi connectivity index (χ0v) is 15.4. The Hall–Kier alpha value is -2.94. The molecule has 1 unspecified atom stereocenters. The van der Waals surface area contributed by atoms with Gasteiger partial charge in [0, 0.05) is 26.0 Å². The van der Waals surface area contributed by atoms with Gasteiger partial charge in [-0.3, -0.25) is 9.88 Å². The minimum absolute atomic E-state index is 0.187. The number of amides is 1. The van der Waals surface area contributed by atoms with Gasteiger partial charge in [0.25, 0.3) is 5.17 Å². The van der Waals surface area contributed by atoms with E-state index < -0.39 is 18.0 Å². The minimum Gasteiger partial charge on any atom is -0.487 e. The number of pyridine rings is 1. The van der Waals surface area contributed by atoms with Crippen molar-refractivity contribution in [2.24, 2.45) is 0 Å². The number of hydrogen-bond donors (Lipinski definition) is 2. The Morgan fingerprint density at radius 1 is 1.44 bits per heavy atom. The largest absolute Gasteiger partial charge is 0.487 e. The summed E-state index contributed by atoms with van der Waals surface area (Å²) in [7, 11) is 1.79. The molecule has 1 aromatic carbocycles. The van der Waals surface area contributed by atoms with E-state index in [1.807, 2.05) is 12.1 Å². The van der Waals surface area contributed by atoms with Crippen molar-refractivity contribution in [3.63, 3.8) is 0 Å². The summed E-state index contributed by atoms with van der Waals surface area (Å²) in [6.07, 6.45) is 2.33. The SMILES string of the molecule is CN(Cc1ccncc1)c1ccc(N2CC(CNC(O)=S)OC2=O)cc1F. The minimum atomic E-state index is -0.567. The molecule has 2 aromatic rings. The number of aliphatic hydroxyl groups is 1. The van der Waals surface area contributed by atoms with Crippen LogP contribution in [-0.4, -0.2) is 47.6 Å². The number of cyclic esters (lactones) is 1. The summed E-state index contributed by atoms with van der Waals surface area (Å²) in [5, 5.41) is 11.2. The van der Waals surface area contributed by atoms with Crippen LogP contribution in [0.15, 0.2) is 42.7 Å². The molecule has 1 aliphatic rings. The van der Waals surface area contributed by atoms with E-state index in [4.69, 9.17) is 9.84 Å². The van der Waals surface area contributed by atoms with Gasteiger partial charge >= 0.3 is 6.09 Å². The number of nitrogens with zero attached hydrogens (tertiary/aromatic N) is 3. The molecule has 1 amide bonds. The number of halogens is 1. The number of hydrogen-bond acceptors (Lipinski definition) is 5. The highest BCUT2D eigenvalue weighted by Gasteiger charge is 2.32. The molecule has 0 radical (unpaired) electrons. The smallest absolute Gasteiger partial charge is 0.414 e. The molecule has 1 atom stereocenters. The van der Waals surface area contributed by atoms with E-state index in [0.29, 0.717) is 17.9 Å². The fourth-order valence-electron chi connectivity index (χ4n) is 2.86. The number of benzene rings is 1. The molecule has 1 aromatic heterocycles. The van der Waals surface area contributed by atoms with Crippen LogP contribution in [0, 0.1) is 5.82 Å². The van der Waals surface area contributed by atoms with Gasteiger partial charge in [0.05, 0.1) is 24.5 Å². The molecular weight excluding hydrogens is 371 g/mol. The Bertz CT molecular complexity index is 837. The first-order valence-corrected chi connectivity index (χ1v) is 8.69. The van der Waals surface area contributed by atoms with Crippen LogP contribution in [0.1, 0.15) is 5.56 Å². The highest BCUT2D eigenvalue weighted by atomic mass is 32.1. The van der Waals surface area contributed by atoms with Crippen LogP contribution in [0.5, 0.6) is 0 Å². The number of carbonyl (C=O) groups is 1. The van der Waals surface area contributed by atoms with E-state index >= 15 is 0 Å². The van der Waals surface area contributed by atoms with Crippen LogP contribution in [-0.2, 0) is 11.3 Å². The summed E-state index contributed by atoms with van der Waals surface area (Å²) < 4.78 is 19.8. The molecular formula is C18H19FN4O3S. The zero-order valence-electron chi connectivity index (χ0n) is 14.6. The van der Waals surface area contributed by atoms with E-state index in [-0.39, 0.29) is 18.3 Å². The number of rotatable bonds is 6. The molecule has 27 heavy (non-hydrogen) atoms. The molecule has 1 aliphatic heterocycles. The quantitative estimate of drug-likeness (QED) is 0.734. The predicted molar refractivity (Wildman–Crippen MR) is 104 cm³/mol. The van der Waals surface area contributed by atoms with Gasteiger partial charge in [0.15, 0.2) is 0 Å². The van der Waals surface area contributed by atoms with Crippen molar-refractivity contribution in [2.75, 3.05) is 29.9 Å². The summed E-state index contributed by atoms with van der Waals surface area (Å²) >= 11 is 4.52. The molecule has 142 valence electrons. The van der Waals surface area contributed by atoms with Gasteiger partial charge in [0.1, 0.15) is 11.9 Å². The summed E-state index contributed by atoms with van der Waals surface area (Å²) in [6.45, 7) is 0.951. The van der Waals surface area contributed by atoms with Gasteiger partial charge in [0.2, 0.25) is 0 Å². The molecule has 1 fully saturated rings. The van der Waals surface area contributed by atoms with Crippen molar-refractivity contribution in [1.82, 2.24) is 10.3 Å². The highest BCUT2D eigenvalue weighted by Crippen LogP contribution is 2.28. The van der Waals surface area contributed by atoms with Crippen LogP contribution in [0.3, 0.4) is 0 Å². The van der Waals surface area contributed by atoms with Crippen LogP contribution < -0.4 is 15.1 Å². The van der Waals surface area contributed by atoms with E-state index in [9.17, 15) is 9.18 Å². The van der Waals surface area contributed by atoms with E-state index in [1.54, 1.807) is 36.5 Å². The van der Waals surface area contributed by atoms with Crippen LogP contribution in [0.25, 0.3) is 0 Å². The Labute approximate surface area is 161 Å². The lowest BCUT2D eigenvalue weighted by Gasteiger charge is -2.21. The standard InChI is InChI=1S/C18H19FN4O3S/c1-22(10-12-4-6-20-7-5-12)16-3-2-13(8-15(16)19)23-11-14(26-18(23)25)9-21-17(24)27/h2-8,14H,9-11H2,1H3,(H2,21,24,27). The number of nitrogens with one attached hydrogen (secondary N) is 1. The highest BCUT2D eigenvalue weighted by molar-refractivity contribution is 7.79. The summed E-state index contributed by atoms with van der Waals surface area (Å²) in [5.41, 5.74) is 1.84. The lowest BCUT2D eigenvalue weighted by atomic mass is 10.2. The second kappa shape index (κ2) is 8.17. The molecule has 9 heteroatoms. The third-order valence-electron chi connectivity index (χ3n) is 4.18. The summed E-state index contributed by atoms with van der Waals surface area (Å²) in [4.78, 5) is 19.1. The number of ether oxygens (including phenoxy) is 1. The van der Waals surface area contributed by atoms with Crippen molar-refractivity contribution >= 4 is 34.9 Å². The van der Waals surface area contributed by atoms with Crippen LogP contribution in [0.2, 0.25) is 0 Å².